The molecule has 29 heavy (non-hydrogen) atoms. The number of ether oxygens (including phenoxy) is 1. The first-order valence-electron chi connectivity index (χ1n) is 10.2. The predicted octanol–water partition coefficient (Wildman–Crippen LogP) is 2.13. The zero-order chi connectivity index (χ0) is 20.8. The summed E-state index contributed by atoms with van der Waals surface area (Å²) in [5.41, 5.74) is 1.83. The van der Waals surface area contributed by atoms with Crippen molar-refractivity contribution in [3.8, 4) is 0 Å². The van der Waals surface area contributed by atoms with Gasteiger partial charge in [0.15, 0.2) is 5.96 Å². The van der Waals surface area contributed by atoms with E-state index in [1.807, 2.05) is 29.2 Å². The highest BCUT2D eigenvalue weighted by molar-refractivity contribution is 5.89. The first kappa shape index (κ1) is 21.0. The van der Waals surface area contributed by atoms with Crippen LogP contribution in [0.3, 0.4) is 0 Å². The van der Waals surface area contributed by atoms with Crippen LogP contribution in [0.5, 0.6) is 0 Å². The number of aliphatic imine (C=N–C) groups is 1. The molecule has 2 unspecified atom stereocenters. The molecule has 2 atom stereocenters. The number of amides is 2. The Hall–Kier alpha value is -2.77. The number of hydrogen-bond donors (Lipinski definition) is 2. The van der Waals surface area contributed by atoms with Crippen molar-refractivity contribution in [2.24, 2.45) is 16.8 Å². The van der Waals surface area contributed by atoms with E-state index < -0.39 is 0 Å². The topological polar surface area (TPSA) is 86.3 Å². The molecule has 8 heteroatoms. The fourth-order valence-electron chi connectivity index (χ4n) is 3.99. The minimum atomic E-state index is -0.170. The van der Waals surface area contributed by atoms with Gasteiger partial charge in [-0.3, -0.25) is 9.79 Å². The molecule has 8 nitrogen and oxygen atoms in total. The fraction of sp³-hybridized carbons (Fsp3) is 0.571. The number of likely N-dealkylation sites (tertiary alicyclic amines) is 2. The molecule has 1 aromatic rings. The van der Waals surface area contributed by atoms with Gasteiger partial charge in [-0.15, -0.1) is 0 Å². The van der Waals surface area contributed by atoms with Crippen LogP contribution < -0.4 is 10.6 Å². The standard InChI is InChI=1S/C21H31N5O3/c1-15-13-26(14-18(15)19(27)29-3)20(22-2)23-12-16-7-6-8-17(11-16)24-21(28)25-9-4-5-10-25/h6-8,11,15,18H,4-5,9-10,12-14H2,1-3H3,(H,22,23)(H,24,28). The molecule has 3 rings (SSSR count). The van der Waals surface area contributed by atoms with E-state index in [9.17, 15) is 9.59 Å². The van der Waals surface area contributed by atoms with Crippen molar-refractivity contribution in [3.05, 3.63) is 29.8 Å². The number of methoxy groups -OCH3 is 1. The van der Waals surface area contributed by atoms with Crippen LogP contribution in [0.4, 0.5) is 10.5 Å². The Morgan fingerprint density at radius 2 is 1.97 bits per heavy atom. The second-order valence-corrected chi connectivity index (χ2v) is 7.74. The van der Waals surface area contributed by atoms with E-state index in [-0.39, 0.29) is 23.8 Å². The largest absolute Gasteiger partial charge is 0.469 e. The summed E-state index contributed by atoms with van der Waals surface area (Å²) in [7, 11) is 3.17. The highest BCUT2D eigenvalue weighted by atomic mass is 16.5. The van der Waals surface area contributed by atoms with E-state index in [0.29, 0.717) is 13.1 Å². The van der Waals surface area contributed by atoms with Gasteiger partial charge < -0.3 is 25.2 Å². The minimum Gasteiger partial charge on any atom is -0.469 e. The third-order valence-corrected chi connectivity index (χ3v) is 5.65. The maximum absolute atomic E-state index is 12.3. The van der Waals surface area contributed by atoms with E-state index in [4.69, 9.17) is 4.74 Å². The molecule has 0 spiro atoms. The van der Waals surface area contributed by atoms with Crippen LogP contribution in [0, 0.1) is 11.8 Å². The molecule has 2 aliphatic rings. The first-order valence-corrected chi connectivity index (χ1v) is 10.2. The molecule has 0 radical (unpaired) electrons. The van der Waals surface area contributed by atoms with Crippen molar-refractivity contribution in [1.29, 1.82) is 0 Å². The Morgan fingerprint density at radius 3 is 2.66 bits per heavy atom. The molecule has 0 aromatic heterocycles. The number of carbonyl (C=O) groups is 2. The molecule has 158 valence electrons. The van der Waals surface area contributed by atoms with Crippen molar-refractivity contribution in [3.63, 3.8) is 0 Å². The maximum Gasteiger partial charge on any atom is 0.321 e. The van der Waals surface area contributed by atoms with Gasteiger partial charge in [-0.25, -0.2) is 4.79 Å². The monoisotopic (exact) mass is 401 g/mol. The van der Waals surface area contributed by atoms with Crippen molar-refractivity contribution >= 4 is 23.6 Å². The van der Waals surface area contributed by atoms with Gasteiger partial charge in [-0.2, -0.15) is 0 Å². The van der Waals surface area contributed by atoms with Gasteiger partial charge in [-0.05, 0) is 36.5 Å². The summed E-state index contributed by atoms with van der Waals surface area (Å²) in [6.45, 7) is 5.63. The lowest BCUT2D eigenvalue weighted by molar-refractivity contribution is -0.145. The highest BCUT2D eigenvalue weighted by Gasteiger charge is 2.36. The quantitative estimate of drug-likeness (QED) is 0.459. The number of nitrogens with one attached hydrogen (secondary N) is 2. The maximum atomic E-state index is 12.3. The predicted molar refractivity (Wildman–Crippen MR) is 113 cm³/mol. The number of guanidine groups is 1. The zero-order valence-corrected chi connectivity index (χ0v) is 17.5. The van der Waals surface area contributed by atoms with E-state index >= 15 is 0 Å². The molecule has 0 bridgehead atoms. The molecule has 2 saturated heterocycles. The number of urea groups is 1. The fourth-order valence-corrected chi connectivity index (χ4v) is 3.99. The molecule has 1 aromatic carbocycles. The molecular weight excluding hydrogens is 370 g/mol. The Labute approximate surface area is 172 Å². The Bertz CT molecular complexity index is 760. The number of nitrogens with zero attached hydrogens (tertiary/aromatic N) is 3. The van der Waals surface area contributed by atoms with Crippen LogP contribution in [-0.2, 0) is 16.1 Å². The van der Waals surface area contributed by atoms with Crippen molar-refractivity contribution in [1.82, 2.24) is 15.1 Å². The third-order valence-electron chi connectivity index (χ3n) is 5.65. The van der Waals surface area contributed by atoms with Crippen LogP contribution in [-0.4, -0.2) is 68.1 Å². The molecule has 2 amide bonds. The SMILES string of the molecule is CN=C(NCc1cccc(NC(=O)N2CCCC2)c1)N1CC(C)C(C(=O)OC)C1. The van der Waals surface area contributed by atoms with E-state index in [0.717, 1.165) is 49.7 Å². The number of benzene rings is 1. The second kappa shape index (κ2) is 9.62. The van der Waals surface area contributed by atoms with E-state index in [1.165, 1.54) is 7.11 Å². The zero-order valence-electron chi connectivity index (χ0n) is 17.5. The number of carbonyl (C=O) groups excluding carboxylic acids is 2. The van der Waals surface area contributed by atoms with E-state index in [2.05, 4.69) is 27.4 Å². The molecule has 2 N–H and O–H groups in total. The molecule has 0 aliphatic carbocycles. The first-order chi connectivity index (χ1) is 14.0. The lowest BCUT2D eigenvalue weighted by Gasteiger charge is -2.22. The van der Waals surface area contributed by atoms with Gasteiger partial charge >= 0.3 is 12.0 Å². The van der Waals surface area contributed by atoms with E-state index in [1.54, 1.807) is 7.05 Å². The minimum absolute atomic E-state index is 0.0386. The molecule has 2 heterocycles. The van der Waals surface area contributed by atoms with Crippen molar-refractivity contribution in [2.45, 2.75) is 26.3 Å². The van der Waals surface area contributed by atoms with Gasteiger partial charge in [0.1, 0.15) is 0 Å². The molecular formula is C21H31N5O3. The van der Waals surface area contributed by atoms with Gasteiger partial charge in [-0.1, -0.05) is 19.1 Å². The molecule has 2 aliphatic heterocycles. The Kier molecular flexibility index (Phi) is 6.95. The number of rotatable bonds is 4. The molecule has 2 fully saturated rings. The third kappa shape index (κ3) is 5.19. The summed E-state index contributed by atoms with van der Waals surface area (Å²) in [5, 5.41) is 6.34. The van der Waals surface area contributed by atoms with Crippen molar-refractivity contribution < 1.29 is 14.3 Å². The number of anilines is 1. The number of hydrogen-bond acceptors (Lipinski definition) is 4. The van der Waals surface area contributed by atoms with Gasteiger partial charge in [0, 0.05) is 45.5 Å². The summed E-state index contributed by atoms with van der Waals surface area (Å²) in [6, 6.07) is 7.77. The lowest BCUT2D eigenvalue weighted by Crippen LogP contribution is -2.40. The Balaban J connectivity index is 1.56. The lowest BCUT2D eigenvalue weighted by atomic mass is 9.99. The smallest absolute Gasteiger partial charge is 0.321 e. The normalized spacial score (nSPS) is 22.0. The van der Waals surface area contributed by atoms with Gasteiger partial charge in [0.25, 0.3) is 0 Å². The summed E-state index contributed by atoms with van der Waals surface area (Å²) in [4.78, 5) is 32.5. The van der Waals surface area contributed by atoms with Crippen LogP contribution in [0.15, 0.2) is 29.3 Å². The number of esters is 1. The summed E-state index contributed by atoms with van der Waals surface area (Å²) < 4.78 is 4.91. The van der Waals surface area contributed by atoms with Crippen LogP contribution in [0.1, 0.15) is 25.3 Å². The summed E-state index contributed by atoms with van der Waals surface area (Å²) in [5.74, 6) is 0.666. The van der Waals surface area contributed by atoms with Gasteiger partial charge in [0.05, 0.1) is 13.0 Å². The average Bonchev–Trinajstić information content (AvgIpc) is 3.38. The summed E-state index contributed by atoms with van der Waals surface area (Å²) >= 11 is 0. The highest BCUT2D eigenvalue weighted by Crippen LogP contribution is 2.24. The summed E-state index contributed by atoms with van der Waals surface area (Å²) in [6.07, 6.45) is 2.14. The van der Waals surface area contributed by atoms with Crippen molar-refractivity contribution in [2.75, 3.05) is 45.7 Å². The molecule has 0 saturated carbocycles. The average molecular weight is 402 g/mol. The Morgan fingerprint density at radius 1 is 1.21 bits per heavy atom. The second-order valence-electron chi connectivity index (χ2n) is 7.74. The van der Waals surface area contributed by atoms with Gasteiger partial charge in [0.2, 0.25) is 0 Å². The van der Waals surface area contributed by atoms with Crippen LogP contribution >= 0.6 is 0 Å². The van der Waals surface area contributed by atoms with Crippen LogP contribution in [0.25, 0.3) is 0 Å². The van der Waals surface area contributed by atoms with Crippen LogP contribution in [0.2, 0.25) is 0 Å².